The summed E-state index contributed by atoms with van der Waals surface area (Å²) in [7, 11) is 1.70. The number of hydrogen-bond donors (Lipinski definition) is 2. The quantitative estimate of drug-likeness (QED) is 0.826. The largest absolute Gasteiger partial charge is 0.394 e. The molecule has 0 aliphatic carbocycles. The molecule has 19 heavy (non-hydrogen) atoms. The minimum atomic E-state index is -0.429. The minimum absolute atomic E-state index is 0.0743. The van der Waals surface area contributed by atoms with Gasteiger partial charge in [0.25, 0.3) is 0 Å². The van der Waals surface area contributed by atoms with Crippen molar-refractivity contribution in [1.29, 1.82) is 0 Å². The molecule has 1 aromatic rings. The average Bonchev–Trinajstić information content (AvgIpc) is 2.75. The van der Waals surface area contributed by atoms with Crippen LogP contribution in [0, 0.1) is 0 Å². The highest BCUT2D eigenvalue weighted by Gasteiger charge is 2.38. The van der Waals surface area contributed by atoms with Crippen molar-refractivity contribution in [2.24, 2.45) is 0 Å². The number of benzene rings is 1. The summed E-state index contributed by atoms with van der Waals surface area (Å²) < 4.78 is 5.42. The van der Waals surface area contributed by atoms with Gasteiger partial charge in [0.15, 0.2) is 0 Å². The number of aliphatic hydroxyl groups is 1. The third-order valence-corrected chi connectivity index (χ3v) is 3.90. The Kier molecular flexibility index (Phi) is 5.34. The van der Waals surface area contributed by atoms with Gasteiger partial charge in [0.2, 0.25) is 0 Å². The van der Waals surface area contributed by atoms with E-state index in [-0.39, 0.29) is 6.61 Å². The molecular weight excluding hydrogens is 240 g/mol. The molecule has 0 bridgehead atoms. The second-order valence-corrected chi connectivity index (χ2v) is 5.08. The van der Waals surface area contributed by atoms with Crippen LogP contribution in [0.4, 0.5) is 0 Å². The molecule has 2 rings (SSSR count). The first-order chi connectivity index (χ1) is 9.33. The molecule has 1 fully saturated rings. The first-order valence-electron chi connectivity index (χ1n) is 6.94. The Balaban J connectivity index is 2.32. The lowest BCUT2D eigenvalue weighted by molar-refractivity contribution is -0.0287. The van der Waals surface area contributed by atoms with Crippen LogP contribution >= 0.6 is 0 Å². The topological polar surface area (TPSA) is 44.7 Å². The summed E-state index contributed by atoms with van der Waals surface area (Å²) in [4.78, 5) is 2.35. The predicted molar refractivity (Wildman–Crippen MR) is 76.1 cm³/mol. The molecule has 1 aromatic carbocycles. The van der Waals surface area contributed by atoms with Crippen molar-refractivity contribution in [2.45, 2.75) is 12.0 Å². The Bertz CT molecular complexity index is 364. The molecule has 0 spiro atoms. The van der Waals surface area contributed by atoms with Crippen LogP contribution in [-0.4, -0.2) is 56.5 Å². The first-order valence-corrected chi connectivity index (χ1v) is 6.94. The Morgan fingerprint density at radius 2 is 2.05 bits per heavy atom. The molecule has 1 atom stereocenters. The maximum Gasteiger partial charge on any atom is 0.0931 e. The molecule has 1 heterocycles. The monoisotopic (exact) mass is 264 g/mol. The molecule has 4 nitrogen and oxygen atoms in total. The molecule has 0 saturated carbocycles. The van der Waals surface area contributed by atoms with E-state index in [9.17, 15) is 5.11 Å². The highest BCUT2D eigenvalue weighted by molar-refractivity contribution is 5.25. The number of ether oxygens (including phenoxy) is 1. The molecular formula is C15H24N2O2. The standard InChI is InChI=1S/C15H24N2O2/c1-19-13-15(12-18,14-6-3-2-4-7-14)17-10-5-8-16-9-11-17/h2-4,6-7,16,18H,5,8-13H2,1H3. The van der Waals surface area contributed by atoms with Gasteiger partial charge in [-0.3, -0.25) is 4.90 Å². The Morgan fingerprint density at radius 1 is 1.26 bits per heavy atom. The summed E-state index contributed by atoms with van der Waals surface area (Å²) in [5.41, 5.74) is 0.698. The fourth-order valence-electron chi connectivity index (χ4n) is 2.86. The van der Waals surface area contributed by atoms with Crippen LogP contribution in [0.3, 0.4) is 0 Å². The number of aliphatic hydroxyl groups excluding tert-OH is 1. The third kappa shape index (κ3) is 3.15. The van der Waals surface area contributed by atoms with Gasteiger partial charge < -0.3 is 15.2 Å². The Labute approximate surface area is 115 Å². The van der Waals surface area contributed by atoms with Crippen LogP contribution < -0.4 is 5.32 Å². The van der Waals surface area contributed by atoms with Gasteiger partial charge in [0.1, 0.15) is 0 Å². The predicted octanol–water partition coefficient (Wildman–Crippen LogP) is 0.816. The van der Waals surface area contributed by atoms with E-state index in [4.69, 9.17) is 4.74 Å². The lowest BCUT2D eigenvalue weighted by Gasteiger charge is -2.42. The number of nitrogens with zero attached hydrogens (tertiary/aromatic N) is 1. The summed E-state index contributed by atoms with van der Waals surface area (Å²) in [5, 5.41) is 13.5. The number of methoxy groups -OCH3 is 1. The molecule has 4 heteroatoms. The fraction of sp³-hybridized carbons (Fsp3) is 0.600. The summed E-state index contributed by atoms with van der Waals surface area (Å²) in [6, 6.07) is 10.2. The second kappa shape index (κ2) is 7.01. The van der Waals surface area contributed by atoms with E-state index in [0.717, 1.165) is 38.2 Å². The van der Waals surface area contributed by atoms with Crippen LogP contribution in [0.25, 0.3) is 0 Å². The van der Waals surface area contributed by atoms with E-state index in [1.165, 1.54) is 0 Å². The molecule has 1 unspecified atom stereocenters. The van der Waals surface area contributed by atoms with Crippen molar-refractivity contribution >= 4 is 0 Å². The summed E-state index contributed by atoms with van der Waals surface area (Å²) in [5.74, 6) is 0. The van der Waals surface area contributed by atoms with Crippen molar-refractivity contribution in [3.05, 3.63) is 35.9 Å². The van der Waals surface area contributed by atoms with Gasteiger partial charge in [-0.2, -0.15) is 0 Å². The lowest BCUT2D eigenvalue weighted by Crippen LogP contribution is -2.53. The first kappa shape index (κ1) is 14.5. The van der Waals surface area contributed by atoms with Crippen molar-refractivity contribution in [2.75, 3.05) is 46.5 Å². The van der Waals surface area contributed by atoms with E-state index < -0.39 is 5.54 Å². The van der Waals surface area contributed by atoms with E-state index >= 15 is 0 Å². The number of nitrogens with one attached hydrogen (secondary N) is 1. The van der Waals surface area contributed by atoms with Gasteiger partial charge >= 0.3 is 0 Å². The van der Waals surface area contributed by atoms with Gasteiger partial charge in [-0.25, -0.2) is 0 Å². The van der Waals surface area contributed by atoms with Gasteiger partial charge in [0.05, 0.1) is 18.8 Å². The number of rotatable bonds is 5. The molecule has 1 aliphatic heterocycles. The van der Waals surface area contributed by atoms with Crippen LogP contribution in [-0.2, 0) is 10.3 Å². The molecule has 0 radical (unpaired) electrons. The van der Waals surface area contributed by atoms with E-state index in [2.05, 4.69) is 22.3 Å². The zero-order chi connectivity index (χ0) is 13.6. The second-order valence-electron chi connectivity index (χ2n) is 5.08. The molecule has 0 amide bonds. The van der Waals surface area contributed by atoms with Gasteiger partial charge in [-0.05, 0) is 18.5 Å². The van der Waals surface area contributed by atoms with Crippen LogP contribution in [0.2, 0.25) is 0 Å². The summed E-state index contributed by atoms with van der Waals surface area (Å²) >= 11 is 0. The Hall–Kier alpha value is -0.940. The summed E-state index contributed by atoms with van der Waals surface area (Å²) in [6.45, 7) is 4.49. The lowest BCUT2D eigenvalue weighted by atomic mass is 9.89. The maximum absolute atomic E-state index is 10.1. The van der Waals surface area contributed by atoms with Crippen LogP contribution in [0.1, 0.15) is 12.0 Å². The van der Waals surface area contributed by atoms with E-state index in [1.54, 1.807) is 7.11 Å². The third-order valence-electron chi connectivity index (χ3n) is 3.90. The molecule has 106 valence electrons. The van der Waals surface area contributed by atoms with E-state index in [0.29, 0.717) is 6.61 Å². The zero-order valence-corrected chi connectivity index (χ0v) is 11.6. The van der Waals surface area contributed by atoms with Gasteiger partial charge in [-0.1, -0.05) is 30.3 Å². The molecule has 0 aromatic heterocycles. The van der Waals surface area contributed by atoms with Crippen molar-refractivity contribution in [1.82, 2.24) is 10.2 Å². The SMILES string of the molecule is COCC(CO)(c1ccccc1)N1CCCNCC1. The highest BCUT2D eigenvalue weighted by atomic mass is 16.5. The Morgan fingerprint density at radius 3 is 2.74 bits per heavy atom. The van der Waals surface area contributed by atoms with E-state index in [1.807, 2.05) is 18.2 Å². The van der Waals surface area contributed by atoms with Crippen LogP contribution in [0.5, 0.6) is 0 Å². The highest BCUT2D eigenvalue weighted by Crippen LogP contribution is 2.29. The molecule has 2 N–H and O–H groups in total. The van der Waals surface area contributed by atoms with Crippen molar-refractivity contribution in [3.8, 4) is 0 Å². The summed E-state index contributed by atoms with van der Waals surface area (Å²) in [6.07, 6.45) is 1.10. The maximum atomic E-state index is 10.1. The fourth-order valence-corrected chi connectivity index (χ4v) is 2.86. The smallest absolute Gasteiger partial charge is 0.0931 e. The average molecular weight is 264 g/mol. The minimum Gasteiger partial charge on any atom is -0.394 e. The van der Waals surface area contributed by atoms with Gasteiger partial charge in [-0.15, -0.1) is 0 Å². The number of hydrogen-bond acceptors (Lipinski definition) is 4. The van der Waals surface area contributed by atoms with Crippen LogP contribution in [0.15, 0.2) is 30.3 Å². The molecule has 1 aliphatic rings. The van der Waals surface area contributed by atoms with Crippen molar-refractivity contribution in [3.63, 3.8) is 0 Å². The van der Waals surface area contributed by atoms with Crippen molar-refractivity contribution < 1.29 is 9.84 Å². The zero-order valence-electron chi connectivity index (χ0n) is 11.6. The molecule has 1 saturated heterocycles. The normalized spacial score (nSPS) is 20.7. The van der Waals surface area contributed by atoms with Gasteiger partial charge in [0, 0.05) is 26.7 Å².